The zero-order valence-electron chi connectivity index (χ0n) is 17.5. The normalized spacial score (nSPS) is 11.5. The topological polar surface area (TPSA) is 81.9 Å². The molecule has 0 aliphatic heterocycles. The Labute approximate surface area is 185 Å². The molecule has 158 valence electrons. The lowest BCUT2D eigenvalue weighted by Gasteiger charge is -2.20. The molecule has 1 N–H and O–H groups in total. The van der Waals surface area contributed by atoms with Gasteiger partial charge in [0.2, 0.25) is 0 Å². The van der Waals surface area contributed by atoms with Crippen LogP contribution >= 0.6 is 11.6 Å². The first-order chi connectivity index (χ1) is 14.8. The van der Waals surface area contributed by atoms with E-state index < -0.39 is 11.7 Å². The van der Waals surface area contributed by atoms with Crippen LogP contribution in [0.3, 0.4) is 0 Å². The Kier molecular flexibility index (Phi) is 5.61. The Morgan fingerprint density at radius 1 is 1.10 bits per heavy atom. The molecule has 0 radical (unpaired) electrons. The highest BCUT2D eigenvalue weighted by Crippen LogP contribution is 2.33. The molecule has 31 heavy (non-hydrogen) atoms. The SMILES string of the molecule is CC(C)(C)OC(=O)Nc1cc(Cl)ccc1-c1ncnc2c1ncn2Cc1ccccc1. The van der Waals surface area contributed by atoms with E-state index >= 15 is 0 Å². The van der Waals surface area contributed by atoms with Gasteiger partial charge in [-0.1, -0.05) is 41.9 Å². The number of carbonyl (C=O) groups is 1. The Hall–Kier alpha value is -3.45. The Morgan fingerprint density at radius 2 is 1.87 bits per heavy atom. The fraction of sp³-hybridized carbons (Fsp3) is 0.217. The third-order valence-corrected chi connectivity index (χ3v) is 4.70. The average molecular weight is 436 g/mol. The van der Waals surface area contributed by atoms with Gasteiger partial charge in [-0.3, -0.25) is 5.32 Å². The number of hydrogen-bond donors (Lipinski definition) is 1. The molecule has 8 heteroatoms. The lowest BCUT2D eigenvalue weighted by molar-refractivity contribution is 0.0636. The molecule has 0 saturated heterocycles. The summed E-state index contributed by atoms with van der Waals surface area (Å²) in [5, 5.41) is 3.26. The molecule has 1 amide bonds. The fourth-order valence-electron chi connectivity index (χ4n) is 3.21. The number of benzene rings is 2. The van der Waals surface area contributed by atoms with Crippen molar-refractivity contribution in [3.63, 3.8) is 0 Å². The van der Waals surface area contributed by atoms with Crippen molar-refractivity contribution in [2.45, 2.75) is 32.9 Å². The number of fused-ring (bicyclic) bond motifs is 1. The summed E-state index contributed by atoms with van der Waals surface area (Å²) in [7, 11) is 0. The van der Waals surface area contributed by atoms with Crippen LogP contribution in [-0.4, -0.2) is 31.2 Å². The monoisotopic (exact) mass is 435 g/mol. The van der Waals surface area contributed by atoms with Crippen LogP contribution in [0.5, 0.6) is 0 Å². The zero-order valence-corrected chi connectivity index (χ0v) is 18.2. The summed E-state index contributed by atoms with van der Waals surface area (Å²) in [6, 6.07) is 15.3. The molecule has 0 spiro atoms. The molecule has 2 aromatic carbocycles. The minimum atomic E-state index is -0.624. The molecule has 0 fully saturated rings. The van der Waals surface area contributed by atoms with E-state index in [4.69, 9.17) is 16.3 Å². The van der Waals surface area contributed by atoms with E-state index in [1.165, 1.54) is 6.33 Å². The molecule has 2 heterocycles. The van der Waals surface area contributed by atoms with E-state index in [9.17, 15) is 4.79 Å². The summed E-state index contributed by atoms with van der Waals surface area (Å²) in [5.74, 6) is 0. The summed E-state index contributed by atoms with van der Waals surface area (Å²) in [6.45, 7) is 6.05. The van der Waals surface area contributed by atoms with Gasteiger partial charge in [-0.25, -0.2) is 19.7 Å². The lowest BCUT2D eigenvalue weighted by atomic mass is 10.1. The van der Waals surface area contributed by atoms with Crippen molar-refractivity contribution >= 4 is 34.5 Å². The maximum Gasteiger partial charge on any atom is 0.412 e. The highest BCUT2D eigenvalue weighted by Gasteiger charge is 2.20. The molecule has 0 aliphatic carbocycles. The fourth-order valence-corrected chi connectivity index (χ4v) is 3.39. The predicted molar refractivity (Wildman–Crippen MR) is 121 cm³/mol. The summed E-state index contributed by atoms with van der Waals surface area (Å²) in [4.78, 5) is 25.8. The quantitative estimate of drug-likeness (QED) is 0.455. The molecule has 0 unspecified atom stereocenters. The minimum absolute atomic E-state index is 0.481. The summed E-state index contributed by atoms with van der Waals surface area (Å²) in [5.41, 5.74) is 3.61. The first kappa shape index (κ1) is 20.8. The van der Waals surface area contributed by atoms with Crippen LogP contribution < -0.4 is 5.32 Å². The molecule has 7 nitrogen and oxygen atoms in total. The van der Waals surface area contributed by atoms with Gasteiger partial charge in [-0.2, -0.15) is 0 Å². The first-order valence-electron chi connectivity index (χ1n) is 9.80. The van der Waals surface area contributed by atoms with Crippen LogP contribution in [0, 0.1) is 0 Å². The van der Waals surface area contributed by atoms with Crippen molar-refractivity contribution < 1.29 is 9.53 Å². The Morgan fingerprint density at radius 3 is 2.61 bits per heavy atom. The van der Waals surface area contributed by atoms with Gasteiger partial charge in [0.1, 0.15) is 23.1 Å². The number of hydrogen-bond acceptors (Lipinski definition) is 5. The smallest absolute Gasteiger partial charge is 0.412 e. The second-order valence-electron chi connectivity index (χ2n) is 8.07. The molecule has 0 aliphatic rings. The van der Waals surface area contributed by atoms with Crippen molar-refractivity contribution in [1.29, 1.82) is 0 Å². The number of aromatic nitrogens is 4. The molecule has 0 atom stereocenters. The second kappa shape index (κ2) is 8.35. The van der Waals surface area contributed by atoms with E-state index in [1.54, 1.807) is 45.3 Å². The van der Waals surface area contributed by atoms with Crippen LogP contribution in [-0.2, 0) is 11.3 Å². The molecule has 2 aromatic heterocycles. The number of nitrogens with one attached hydrogen (secondary N) is 1. The number of amides is 1. The van der Waals surface area contributed by atoms with Gasteiger partial charge < -0.3 is 9.30 Å². The van der Waals surface area contributed by atoms with E-state index in [1.807, 2.05) is 22.8 Å². The van der Waals surface area contributed by atoms with Crippen molar-refractivity contribution in [3.05, 3.63) is 71.8 Å². The van der Waals surface area contributed by atoms with Gasteiger partial charge in [0.05, 0.1) is 18.6 Å². The second-order valence-corrected chi connectivity index (χ2v) is 8.51. The van der Waals surface area contributed by atoms with Gasteiger partial charge in [-0.15, -0.1) is 0 Å². The van der Waals surface area contributed by atoms with Gasteiger partial charge in [0.25, 0.3) is 0 Å². The minimum Gasteiger partial charge on any atom is -0.444 e. The van der Waals surface area contributed by atoms with Crippen LogP contribution in [0.4, 0.5) is 10.5 Å². The predicted octanol–water partition coefficient (Wildman–Crippen LogP) is 5.54. The number of anilines is 1. The molecule has 4 aromatic rings. The van der Waals surface area contributed by atoms with Crippen LogP contribution in [0.2, 0.25) is 5.02 Å². The van der Waals surface area contributed by atoms with Crippen molar-refractivity contribution in [3.8, 4) is 11.3 Å². The maximum atomic E-state index is 12.4. The number of rotatable bonds is 4. The van der Waals surface area contributed by atoms with E-state index in [2.05, 4.69) is 32.4 Å². The zero-order chi connectivity index (χ0) is 22.0. The number of halogens is 1. The first-order valence-corrected chi connectivity index (χ1v) is 10.2. The highest BCUT2D eigenvalue weighted by atomic mass is 35.5. The molecular formula is C23H22ClN5O2. The van der Waals surface area contributed by atoms with E-state index in [0.717, 1.165) is 5.56 Å². The summed E-state index contributed by atoms with van der Waals surface area (Å²) < 4.78 is 7.35. The van der Waals surface area contributed by atoms with Crippen molar-refractivity contribution in [2.24, 2.45) is 0 Å². The number of nitrogens with zero attached hydrogens (tertiary/aromatic N) is 4. The number of imidazole rings is 1. The highest BCUT2D eigenvalue weighted by molar-refractivity contribution is 6.31. The third-order valence-electron chi connectivity index (χ3n) is 4.47. The molecule has 0 bridgehead atoms. The van der Waals surface area contributed by atoms with E-state index in [-0.39, 0.29) is 0 Å². The van der Waals surface area contributed by atoms with Gasteiger partial charge >= 0.3 is 6.09 Å². The lowest BCUT2D eigenvalue weighted by Crippen LogP contribution is -2.27. The summed E-state index contributed by atoms with van der Waals surface area (Å²) in [6.07, 6.45) is 2.66. The molecular weight excluding hydrogens is 414 g/mol. The Balaban J connectivity index is 1.73. The average Bonchev–Trinajstić information content (AvgIpc) is 3.11. The largest absolute Gasteiger partial charge is 0.444 e. The van der Waals surface area contributed by atoms with Crippen molar-refractivity contribution in [2.75, 3.05) is 5.32 Å². The molecule has 4 rings (SSSR count). The Bertz CT molecular complexity index is 1230. The summed E-state index contributed by atoms with van der Waals surface area (Å²) >= 11 is 6.19. The third kappa shape index (κ3) is 4.83. The van der Waals surface area contributed by atoms with Crippen LogP contribution in [0.1, 0.15) is 26.3 Å². The van der Waals surface area contributed by atoms with Crippen LogP contribution in [0.25, 0.3) is 22.4 Å². The van der Waals surface area contributed by atoms with E-state index in [0.29, 0.717) is 39.7 Å². The maximum absolute atomic E-state index is 12.4. The van der Waals surface area contributed by atoms with Crippen LogP contribution in [0.15, 0.2) is 61.2 Å². The molecule has 0 saturated carbocycles. The van der Waals surface area contributed by atoms with Gasteiger partial charge in [0, 0.05) is 10.6 Å². The van der Waals surface area contributed by atoms with Gasteiger partial charge in [0.15, 0.2) is 5.65 Å². The standard InChI is InChI=1S/C23H22ClN5O2/c1-23(2,3)31-22(30)28-18-11-16(24)9-10-17(18)19-20-21(26-13-25-19)29(14-27-20)12-15-7-5-4-6-8-15/h4-11,13-14H,12H2,1-3H3,(H,28,30). The van der Waals surface area contributed by atoms with Crippen molar-refractivity contribution in [1.82, 2.24) is 19.5 Å². The number of carbonyl (C=O) groups excluding carboxylic acids is 1. The van der Waals surface area contributed by atoms with Gasteiger partial charge in [-0.05, 0) is 44.5 Å². The number of ether oxygens (including phenoxy) is 1.